The number of hydrogen-bond donors (Lipinski definition) is 2. The molecule has 0 heterocycles. The second kappa shape index (κ2) is 6.71. The van der Waals surface area contributed by atoms with Gasteiger partial charge in [-0.1, -0.05) is 38.4 Å². The second-order valence-electron chi connectivity index (χ2n) is 5.46. The van der Waals surface area contributed by atoms with E-state index in [4.69, 9.17) is 18.0 Å². The topological polar surface area (TPSA) is 38.0 Å². The molecule has 2 unspecified atom stereocenters. The van der Waals surface area contributed by atoms with Gasteiger partial charge in [0.2, 0.25) is 0 Å². The van der Waals surface area contributed by atoms with Gasteiger partial charge in [-0.05, 0) is 52.4 Å². The minimum Gasteiger partial charge on any atom is -0.389 e. The molecule has 1 aliphatic rings. The van der Waals surface area contributed by atoms with Crippen LogP contribution in [0.4, 0.5) is 5.69 Å². The zero-order chi connectivity index (χ0) is 13.8. The Bertz CT molecular complexity index is 461. The Kier molecular flexibility index (Phi) is 5.22. The second-order valence-corrected chi connectivity index (χ2v) is 6.76. The number of hydrogen-bond acceptors (Lipinski definition) is 2. The van der Waals surface area contributed by atoms with Crippen LogP contribution in [-0.4, -0.2) is 11.5 Å². The summed E-state index contributed by atoms with van der Waals surface area (Å²) in [6.45, 7) is 3.42. The zero-order valence-electron chi connectivity index (χ0n) is 11.3. The van der Waals surface area contributed by atoms with E-state index in [2.05, 4.69) is 28.2 Å². The van der Waals surface area contributed by atoms with E-state index in [1.54, 1.807) is 0 Å². The average molecular weight is 341 g/mol. The molecule has 2 atom stereocenters. The molecule has 1 aliphatic carbocycles. The Morgan fingerprint density at radius 2 is 2.16 bits per heavy atom. The predicted octanol–water partition coefficient (Wildman–Crippen LogP) is 4.32. The molecular weight excluding hydrogens is 320 g/mol. The number of thiocarbonyl (C=S) groups is 1. The highest BCUT2D eigenvalue weighted by atomic mass is 79.9. The first-order chi connectivity index (χ1) is 9.08. The molecule has 0 spiro atoms. The predicted molar refractivity (Wildman–Crippen MR) is 89.6 cm³/mol. The van der Waals surface area contributed by atoms with Gasteiger partial charge in [-0.2, -0.15) is 0 Å². The summed E-state index contributed by atoms with van der Waals surface area (Å²) in [6, 6.07) is 6.00. The van der Waals surface area contributed by atoms with Crippen LogP contribution in [0.2, 0.25) is 0 Å². The van der Waals surface area contributed by atoms with Gasteiger partial charge in [0.05, 0.1) is 0 Å². The summed E-state index contributed by atoms with van der Waals surface area (Å²) in [5.41, 5.74) is 7.66. The molecule has 1 saturated carbocycles. The first-order valence-corrected chi connectivity index (χ1v) is 8.11. The Balaban J connectivity index is 1.97. The van der Waals surface area contributed by atoms with Crippen LogP contribution < -0.4 is 11.1 Å². The molecule has 0 aromatic heterocycles. The van der Waals surface area contributed by atoms with Gasteiger partial charge in [0.25, 0.3) is 0 Å². The van der Waals surface area contributed by atoms with Crippen molar-refractivity contribution in [2.45, 2.75) is 32.6 Å². The summed E-state index contributed by atoms with van der Waals surface area (Å²) in [5.74, 6) is 1.62. The fourth-order valence-electron chi connectivity index (χ4n) is 2.75. The first kappa shape index (κ1) is 14.8. The smallest absolute Gasteiger partial charge is 0.104 e. The van der Waals surface area contributed by atoms with E-state index in [1.807, 2.05) is 18.2 Å². The van der Waals surface area contributed by atoms with E-state index in [0.717, 1.165) is 34.1 Å². The Morgan fingerprint density at radius 1 is 1.42 bits per heavy atom. The van der Waals surface area contributed by atoms with Crippen molar-refractivity contribution in [3.05, 3.63) is 28.2 Å². The van der Waals surface area contributed by atoms with Gasteiger partial charge in [-0.25, -0.2) is 0 Å². The minimum absolute atomic E-state index is 0.438. The van der Waals surface area contributed by atoms with Crippen molar-refractivity contribution >= 4 is 38.8 Å². The van der Waals surface area contributed by atoms with Crippen LogP contribution in [0.5, 0.6) is 0 Å². The molecular formula is C15H21BrN2S. The van der Waals surface area contributed by atoms with Crippen LogP contribution in [0.25, 0.3) is 0 Å². The molecule has 0 saturated heterocycles. The third kappa shape index (κ3) is 3.93. The van der Waals surface area contributed by atoms with Crippen molar-refractivity contribution in [1.29, 1.82) is 0 Å². The lowest BCUT2D eigenvalue weighted by Gasteiger charge is -2.29. The molecule has 0 bridgehead atoms. The maximum absolute atomic E-state index is 5.63. The van der Waals surface area contributed by atoms with Gasteiger partial charge in [0, 0.05) is 22.3 Å². The number of anilines is 1. The summed E-state index contributed by atoms with van der Waals surface area (Å²) < 4.78 is 1.03. The average Bonchev–Trinajstić information content (AvgIpc) is 2.39. The number of nitrogens with two attached hydrogens (primary N) is 1. The van der Waals surface area contributed by atoms with Crippen molar-refractivity contribution in [2.24, 2.45) is 17.6 Å². The van der Waals surface area contributed by atoms with Crippen molar-refractivity contribution < 1.29 is 0 Å². The van der Waals surface area contributed by atoms with Crippen molar-refractivity contribution in [2.75, 3.05) is 11.9 Å². The summed E-state index contributed by atoms with van der Waals surface area (Å²) >= 11 is 8.56. The minimum atomic E-state index is 0.438. The van der Waals surface area contributed by atoms with E-state index in [9.17, 15) is 0 Å². The molecule has 0 aliphatic heterocycles. The molecule has 2 rings (SSSR count). The van der Waals surface area contributed by atoms with Gasteiger partial charge in [-0.15, -0.1) is 0 Å². The SMILES string of the molecule is CC1CCCCC1CNc1ccc(C(N)=S)cc1Br. The molecule has 3 N–H and O–H groups in total. The molecule has 1 fully saturated rings. The van der Waals surface area contributed by atoms with Crippen LogP contribution >= 0.6 is 28.1 Å². The van der Waals surface area contributed by atoms with Gasteiger partial charge >= 0.3 is 0 Å². The Hall–Kier alpha value is -0.610. The van der Waals surface area contributed by atoms with Gasteiger partial charge in [0.15, 0.2) is 0 Å². The van der Waals surface area contributed by atoms with Crippen molar-refractivity contribution in [3.8, 4) is 0 Å². The number of rotatable bonds is 4. The van der Waals surface area contributed by atoms with Crippen LogP contribution in [-0.2, 0) is 0 Å². The molecule has 104 valence electrons. The molecule has 2 nitrogen and oxygen atoms in total. The van der Waals surface area contributed by atoms with Gasteiger partial charge in [0.1, 0.15) is 4.99 Å². The lowest BCUT2D eigenvalue weighted by Crippen LogP contribution is -2.24. The number of benzene rings is 1. The highest BCUT2D eigenvalue weighted by Gasteiger charge is 2.21. The quantitative estimate of drug-likeness (QED) is 0.801. The molecule has 19 heavy (non-hydrogen) atoms. The summed E-state index contributed by atoms with van der Waals surface area (Å²) in [6.07, 6.45) is 5.48. The number of halogens is 1. The summed E-state index contributed by atoms with van der Waals surface area (Å²) in [4.78, 5) is 0.438. The Labute approximate surface area is 129 Å². The fraction of sp³-hybridized carbons (Fsp3) is 0.533. The standard InChI is InChI=1S/C15H21BrN2S/c1-10-4-2-3-5-12(10)9-18-14-7-6-11(15(17)19)8-13(14)16/h6-8,10,12,18H,2-5,9H2,1H3,(H2,17,19). The summed E-state index contributed by atoms with van der Waals surface area (Å²) in [7, 11) is 0. The van der Waals surface area contributed by atoms with Crippen LogP contribution in [0.1, 0.15) is 38.2 Å². The van der Waals surface area contributed by atoms with E-state index in [0.29, 0.717) is 4.99 Å². The van der Waals surface area contributed by atoms with Crippen LogP contribution in [0, 0.1) is 11.8 Å². The maximum Gasteiger partial charge on any atom is 0.104 e. The highest BCUT2D eigenvalue weighted by Crippen LogP contribution is 2.31. The first-order valence-electron chi connectivity index (χ1n) is 6.91. The number of nitrogens with one attached hydrogen (secondary N) is 1. The maximum atomic E-state index is 5.63. The molecule has 0 radical (unpaired) electrons. The lowest BCUT2D eigenvalue weighted by molar-refractivity contribution is 0.268. The van der Waals surface area contributed by atoms with E-state index in [-0.39, 0.29) is 0 Å². The molecule has 0 amide bonds. The molecule has 1 aromatic carbocycles. The summed E-state index contributed by atoms with van der Waals surface area (Å²) in [5, 5.41) is 3.55. The highest BCUT2D eigenvalue weighted by molar-refractivity contribution is 9.10. The monoisotopic (exact) mass is 340 g/mol. The third-order valence-corrected chi connectivity index (χ3v) is 4.99. The fourth-order valence-corrected chi connectivity index (χ4v) is 3.40. The van der Waals surface area contributed by atoms with Crippen LogP contribution in [0.15, 0.2) is 22.7 Å². The molecule has 4 heteroatoms. The zero-order valence-corrected chi connectivity index (χ0v) is 13.7. The van der Waals surface area contributed by atoms with E-state index in [1.165, 1.54) is 25.7 Å². The van der Waals surface area contributed by atoms with E-state index >= 15 is 0 Å². The van der Waals surface area contributed by atoms with Crippen molar-refractivity contribution in [3.63, 3.8) is 0 Å². The van der Waals surface area contributed by atoms with Crippen LogP contribution in [0.3, 0.4) is 0 Å². The molecule has 1 aromatic rings. The lowest BCUT2D eigenvalue weighted by atomic mass is 9.80. The van der Waals surface area contributed by atoms with Gasteiger partial charge < -0.3 is 11.1 Å². The van der Waals surface area contributed by atoms with Gasteiger partial charge in [-0.3, -0.25) is 0 Å². The largest absolute Gasteiger partial charge is 0.389 e. The van der Waals surface area contributed by atoms with Crippen molar-refractivity contribution in [1.82, 2.24) is 0 Å². The third-order valence-electron chi connectivity index (χ3n) is 4.10. The van der Waals surface area contributed by atoms with E-state index < -0.39 is 0 Å². The Morgan fingerprint density at radius 3 is 2.79 bits per heavy atom. The normalized spacial score (nSPS) is 23.1.